The summed E-state index contributed by atoms with van der Waals surface area (Å²) in [6, 6.07) is 9.74. The van der Waals surface area contributed by atoms with E-state index in [9.17, 15) is 23.2 Å². The monoisotopic (exact) mass is 553 g/mol. The number of fused-ring (bicyclic) bond motifs is 4. The van der Waals surface area contributed by atoms with Crippen LogP contribution in [0.5, 0.6) is 5.75 Å². The number of rotatable bonds is 3. The molecule has 202 valence electrons. The number of nitrogens with one attached hydrogen (secondary N) is 1. The lowest BCUT2D eigenvalue weighted by molar-refractivity contribution is -0.137. The zero-order valence-electron chi connectivity index (χ0n) is 21.2. The molecule has 0 saturated carbocycles. The predicted octanol–water partition coefficient (Wildman–Crippen LogP) is 3.98. The first-order chi connectivity index (χ1) is 18.7. The Morgan fingerprint density at radius 3 is 2.77 bits per heavy atom. The molecule has 0 spiro atoms. The molecule has 2 atom stereocenters. The Kier molecular flexibility index (Phi) is 6.43. The number of nitrogens with zero attached hydrogens (tertiary/aromatic N) is 2. The lowest BCUT2D eigenvalue weighted by Gasteiger charge is -2.46. The molecular formula is C28H25F2N3O5S. The number of aromatic nitrogens is 1. The van der Waals surface area contributed by atoms with Crippen molar-refractivity contribution in [2.24, 2.45) is 5.92 Å². The van der Waals surface area contributed by atoms with Gasteiger partial charge in [0.2, 0.25) is 11.2 Å². The molecule has 2 aromatic carbocycles. The van der Waals surface area contributed by atoms with Gasteiger partial charge in [-0.2, -0.15) is 0 Å². The van der Waals surface area contributed by atoms with E-state index in [2.05, 4.69) is 5.43 Å². The number of thioether (sulfide) groups is 1. The molecule has 11 heteroatoms. The minimum absolute atomic E-state index is 0.0534. The zero-order valence-corrected chi connectivity index (χ0v) is 22.0. The van der Waals surface area contributed by atoms with Gasteiger partial charge in [-0.3, -0.25) is 19.1 Å². The number of carbonyl (C=O) groups is 2. The van der Waals surface area contributed by atoms with Crippen LogP contribution < -0.4 is 15.6 Å². The van der Waals surface area contributed by atoms with Crippen LogP contribution in [-0.2, 0) is 21.7 Å². The van der Waals surface area contributed by atoms with Gasteiger partial charge in [0, 0.05) is 35.0 Å². The molecule has 1 N–H and O–H groups in total. The fourth-order valence-electron chi connectivity index (χ4n) is 5.19. The number of benzene rings is 2. The van der Waals surface area contributed by atoms with Crippen molar-refractivity contribution in [2.75, 3.05) is 18.6 Å². The third-order valence-corrected chi connectivity index (χ3v) is 8.35. The highest BCUT2D eigenvalue weighted by molar-refractivity contribution is 7.98. The molecule has 39 heavy (non-hydrogen) atoms. The third-order valence-electron chi connectivity index (χ3n) is 7.22. The van der Waals surface area contributed by atoms with Gasteiger partial charge in [0.15, 0.2) is 17.3 Å². The summed E-state index contributed by atoms with van der Waals surface area (Å²) >= 11 is 1.43. The minimum Gasteiger partial charge on any atom is -0.420 e. The van der Waals surface area contributed by atoms with E-state index in [1.165, 1.54) is 28.7 Å². The van der Waals surface area contributed by atoms with E-state index in [1.807, 2.05) is 18.2 Å². The summed E-state index contributed by atoms with van der Waals surface area (Å²) in [6.07, 6.45) is 0.572. The first-order valence-corrected chi connectivity index (χ1v) is 13.6. The first kappa shape index (κ1) is 25.6. The van der Waals surface area contributed by atoms with Crippen LogP contribution in [0, 0.1) is 17.6 Å². The van der Waals surface area contributed by atoms with Crippen LogP contribution in [0.2, 0.25) is 0 Å². The summed E-state index contributed by atoms with van der Waals surface area (Å²) < 4.78 is 41.5. The van der Waals surface area contributed by atoms with Crippen molar-refractivity contribution in [3.8, 4) is 5.75 Å². The van der Waals surface area contributed by atoms with Gasteiger partial charge in [-0.1, -0.05) is 32.0 Å². The zero-order chi connectivity index (χ0) is 27.4. The number of hydrogen-bond donors (Lipinski definition) is 1. The van der Waals surface area contributed by atoms with Crippen LogP contribution in [0.25, 0.3) is 0 Å². The Labute approximate surface area is 226 Å². The highest BCUT2D eigenvalue weighted by Crippen LogP contribution is 2.41. The minimum atomic E-state index is -0.868. The number of ether oxygens (including phenoxy) is 2. The quantitative estimate of drug-likeness (QED) is 0.491. The highest BCUT2D eigenvalue weighted by atomic mass is 32.2. The van der Waals surface area contributed by atoms with Crippen LogP contribution in [0.4, 0.5) is 8.78 Å². The van der Waals surface area contributed by atoms with Crippen molar-refractivity contribution in [1.82, 2.24) is 9.58 Å². The van der Waals surface area contributed by atoms with Crippen LogP contribution >= 0.6 is 11.8 Å². The molecule has 3 aromatic rings. The van der Waals surface area contributed by atoms with Gasteiger partial charge in [0.25, 0.3) is 5.91 Å². The molecule has 8 nitrogen and oxygen atoms in total. The summed E-state index contributed by atoms with van der Waals surface area (Å²) in [6.45, 7) is 3.77. The number of esters is 1. The highest BCUT2D eigenvalue weighted by Gasteiger charge is 2.44. The smallest absolute Gasteiger partial charge is 0.313 e. The van der Waals surface area contributed by atoms with Crippen LogP contribution in [0.3, 0.4) is 0 Å². The van der Waals surface area contributed by atoms with Gasteiger partial charge in [-0.25, -0.2) is 8.78 Å². The van der Waals surface area contributed by atoms with Gasteiger partial charge in [-0.05, 0) is 35.2 Å². The number of pyridine rings is 1. The summed E-state index contributed by atoms with van der Waals surface area (Å²) in [5, 5.41) is 0. The fraction of sp³-hybridized carbons (Fsp3) is 0.321. The van der Waals surface area contributed by atoms with Crippen LogP contribution in [0.1, 0.15) is 52.7 Å². The van der Waals surface area contributed by atoms with Crippen molar-refractivity contribution in [2.45, 2.75) is 43.2 Å². The molecule has 1 saturated heterocycles. The molecule has 1 amide bonds. The molecular weight excluding hydrogens is 528 g/mol. The van der Waals surface area contributed by atoms with Crippen molar-refractivity contribution >= 4 is 23.6 Å². The summed E-state index contributed by atoms with van der Waals surface area (Å²) in [7, 11) is 0. The van der Waals surface area contributed by atoms with Gasteiger partial charge in [0.05, 0.1) is 12.5 Å². The van der Waals surface area contributed by atoms with E-state index in [0.29, 0.717) is 23.3 Å². The van der Waals surface area contributed by atoms with E-state index in [0.717, 1.165) is 22.1 Å². The summed E-state index contributed by atoms with van der Waals surface area (Å²) in [5.41, 5.74) is 5.43. The van der Waals surface area contributed by atoms with Crippen molar-refractivity contribution in [3.63, 3.8) is 0 Å². The molecule has 3 aliphatic rings. The molecule has 0 radical (unpaired) electrons. The third kappa shape index (κ3) is 4.29. The lowest BCUT2D eigenvalue weighted by atomic mass is 9.92. The molecule has 6 rings (SSSR count). The van der Waals surface area contributed by atoms with E-state index in [1.54, 1.807) is 24.8 Å². The molecule has 0 bridgehead atoms. The Morgan fingerprint density at radius 2 is 1.97 bits per heavy atom. The Bertz CT molecular complexity index is 1570. The van der Waals surface area contributed by atoms with Crippen molar-refractivity contribution in [1.29, 1.82) is 0 Å². The number of carbonyl (C=O) groups excluding carboxylic acids is 2. The van der Waals surface area contributed by atoms with Gasteiger partial charge in [0.1, 0.15) is 12.3 Å². The Hall–Kier alpha value is -3.70. The Balaban J connectivity index is 1.40. The second kappa shape index (κ2) is 9.80. The average molecular weight is 554 g/mol. The fourth-order valence-corrected chi connectivity index (χ4v) is 6.34. The Morgan fingerprint density at radius 1 is 1.15 bits per heavy atom. The molecule has 1 fully saturated rings. The first-order valence-electron chi connectivity index (χ1n) is 12.6. The standard InChI is InChI=1S/C28H25F2N3O5S/c1-14(2)28(36)38-25-20(34)8-9-33-23(25)27(35)32-10-11-37-24(26(32)31-33)16-4-3-5-21-17(16)12-15-6-7-19(29)22(30)18(15)13-39-21/h3-9,14,24,26,31H,10-13H2,1-2H3/t24-,26-/m0/s1. The maximum Gasteiger partial charge on any atom is 0.313 e. The lowest BCUT2D eigenvalue weighted by Crippen LogP contribution is -2.60. The van der Waals surface area contributed by atoms with E-state index < -0.39 is 47.1 Å². The molecule has 1 aromatic heterocycles. The maximum absolute atomic E-state index is 14.6. The number of amides is 1. The van der Waals surface area contributed by atoms with Crippen molar-refractivity contribution < 1.29 is 27.8 Å². The number of halogens is 2. The van der Waals surface area contributed by atoms with Crippen LogP contribution in [-0.4, -0.2) is 40.8 Å². The summed E-state index contributed by atoms with van der Waals surface area (Å²) in [4.78, 5) is 41.1. The van der Waals surface area contributed by atoms with E-state index in [-0.39, 0.29) is 24.6 Å². The number of hydrogen-bond acceptors (Lipinski definition) is 7. The van der Waals surface area contributed by atoms with E-state index in [4.69, 9.17) is 9.47 Å². The second-order valence-electron chi connectivity index (χ2n) is 9.96. The topological polar surface area (TPSA) is 89.9 Å². The van der Waals surface area contributed by atoms with E-state index >= 15 is 0 Å². The normalized spacial score (nSPS) is 19.8. The maximum atomic E-state index is 14.6. The van der Waals surface area contributed by atoms with Gasteiger partial charge < -0.3 is 19.8 Å². The van der Waals surface area contributed by atoms with Crippen molar-refractivity contribution in [3.05, 3.63) is 92.4 Å². The summed E-state index contributed by atoms with van der Waals surface area (Å²) in [5.74, 6) is -3.27. The number of morpholine rings is 1. The SMILES string of the molecule is CC(C)C(=O)Oc1c2n(ccc1=O)N[C@@H]1[C@H](c3cccc4c3Cc3ccc(F)c(F)c3CS4)OCCN1C2=O. The predicted molar refractivity (Wildman–Crippen MR) is 139 cm³/mol. The van der Waals surface area contributed by atoms with Gasteiger partial charge in [-0.15, -0.1) is 11.8 Å². The average Bonchev–Trinajstić information content (AvgIpc) is 3.12. The van der Waals surface area contributed by atoms with Gasteiger partial charge >= 0.3 is 5.97 Å². The van der Waals surface area contributed by atoms with Crippen LogP contribution in [0.15, 0.2) is 52.3 Å². The molecule has 0 aliphatic carbocycles. The largest absolute Gasteiger partial charge is 0.420 e. The molecule has 4 heterocycles. The molecule has 3 aliphatic heterocycles. The molecule has 0 unspecified atom stereocenters. The second-order valence-corrected chi connectivity index (χ2v) is 11.0.